The first kappa shape index (κ1) is 29.4. The second-order valence-corrected chi connectivity index (χ2v) is 10.5. The second kappa shape index (κ2) is 13.6. The number of ketones is 1. The molecule has 8 nitrogen and oxygen atoms in total. The molecule has 0 aliphatic rings. The fourth-order valence-electron chi connectivity index (χ4n) is 3.54. The van der Waals surface area contributed by atoms with Gasteiger partial charge in [0.05, 0.1) is 18.3 Å². The summed E-state index contributed by atoms with van der Waals surface area (Å²) in [6.07, 6.45) is -3.93. The molecular formula is C25H27F3N4O4S2. The van der Waals surface area contributed by atoms with Gasteiger partial charge < -0.3 is 15.7 Å². The van der Waals surface area contributed by atoms with Crippen LogP contribution >= 0.6 is 22.7 Å². The molecule has 0 radical (unpaired) electrons. The molecule has 2 heterocycles. The molecule has 13 heteroatoms. The van der Waals surface area contributed by atoms with Gasteiger partial charge >= 0.3 is 6.18 Å². The van der Waals surface area contributed by atoms with Crippen LogP contribution in [0.2, 0.25) is 0 Å². The van der Waals surface area contributed by atoms with Gasteiger partial charge in [-0.15, -0.1) is 22.7 Å². The number of aliphatic hydroxyl groups excluding tert-OH is 1. The lowest BCUT2D eigenvalue weighted by atomic mass is 10.0. The number of aromatic nitrogens is 2. The molecular weight excluding hydrogens is 541 g/mol. The normalized spacial score (nSPS) is 13.9. The van der Waals surface area contributed by atoms with Gasteiger partial charge in [-0.25, -0.2) is 9.97 Å². The molecule has 204 valence electrons. The van der Waals surface area contributed by atoms with Gasteiger partial charge in [-0.2, -0.15) is 13.2 Å². The van der Waals surface area contributed by atoms with Crippen molar-refractivity contribution in [2.24, 2.45) is 0 Å². The molecule has 3 rings (SSSR count). The third-order valence-electron chi connectivity index (χ3n) is 5.47. The van der Waals surface area contributed by atoms with Gasteiger partial charge in [-0.3, -0.25) is 14.4 Å². The average Bonchev–Trinajstić information content (AvgIpc) is 3.58. The Morgan fingerprint density at radius 2 is 1.76 bits per heavy atom. The molecule has 1 unspecified atom stereocenters. The van der Waals surface area contributed by atoms with Gasteiger partial charge in [0.1, 0.15) is 15.9 Å². The van der Waals surface area contributed by atoms with Crippen molar-refractivity contribution in [1.82, 2.24) is 20.6 Å². The molecule has 0 aliphatic carbocycles. The first-order chi connectivity index (χ1) is 18.0. The summed E-state index contributed by atoms with van der Waals surface area (Å²) in [5.41, 5.74) is 0.822. The van der Waals surface area contributed by atoms with Crippen LogP contribution < -0.4 is 10.6 Å². The van der Waals surface area contributed by atoms with E-state index in [1.54, 1.807) is 5.38 Å². The van der Waals surface area contributed by atoms with Crippen molar-refractivity contribution in [3.63, 3.8) is 0 Å². The van der Waals surface area contributed by atoms with Crippen LogP contribution in [0.5, 0.6) is 0 Å². The van der Waals surface area contributed by atoms with Crippen LogP contribution in [0.25, 0.3) is 10.6 Å². The number of amides is 2. The van der Waals surface area contributed by atoms with Gasteiger partial charge in [-0.1, -0.05) is 30.3 Å². The number of aliphatic hydroxyl groups is 1. The number of nitrogens with one attached hydrogen (secondary N) is 2. The van der Waals surface area contributed by atoms with E-state index in [-0.39, 0.29) is 35.6 Å². The monoisotopic (exact) mass is 568 g/mol. The van der Waals surface area contributed by atoms with E-state index < -0.39 is 48.4 Å². The van der Waals surface area contributed by atoms with E-state index in [9.17, 15) is 32.7 Å². The zero-order valence-electron chi connectivity index (χ0n) is 20.4. The standard InChI is InChI=1S/C25H27F3N4O4S2/c1-15(33)9-10-18(32-22(36)19-14-30-23(38-19)16-6-3-2-4-7-16)21(35)31-17(8-5-11-25(26,27)28)20(34)24-29-12-13-37-24/h2-4,6-7,12-15,17-18,33H,5,8-11H2,1H3,(H,31,35)(H,32,36)/t15?,17-,18-/m0/s1. The van der Waals surface area contributed by atoms with Crippen molar-refractivity contribution in [2.45, 2.75) is 63.4 Å². The maximum Gasteiger partial charge on any atom is 0.389 e. The van der Waals surface area contributed by atoms with Gasteiger partial charge in [0.15, 0.2) is 5.01 Å². The predicted molar refractivity (Wildman–Crippen MR) is 138 cm³/mol. The maximum absolute atomic E-state index is 13.2. The molecule has 2 amide bonds. The molecule has 2 aromatic heterocycles. The van der Waals surface area contributed by atoms with E-state index in [1.807, 2.05) is 30.3 Å². The lowest BCUT2D eigenvalue weighted by Crippen LogP contribution is -2.51. The molecule has 0 fully saturated rings. The Hall–Kier alpha value is -3.16. The first-order valence-corrected chi connectivity index (χ1v) is 13.5. The molecule has 3 aromatic rings. The molecule has 3 N–H and O–H groups in total. The third-order valence-corrected chi connectivity index (χ3v) is 7.31. The van der Waals surface area contributed by atoms with Gasteiger partial charge in [-0.05, 0) is 32.6 Å². The quantitative estimate of drug-likeness (QED) is 0.259. The van der Waals surface area contributed by atoms with E-state index in [1.165, 1.54) is 19.3 Å². The number of carbonyl (C=O) groups excluding carboxylic acids is 3. The number of nitrogens with zero attached hydrogens (tertiary/aromatic N) is 2. The zero-order valence-corrected chi connectivity index (χ0v) is 22.0. The van der Waals surface area contributed by atoms with Gasteiger partial charge in [0.25, 0.3) is 5.91 Å². The summed E-state index contributed by atoms with van der Waals surface area (Å²) in [7, 11) is 0. The molecule has 1 aromatic carbocycles. The fourth-order valence-corrected chi connectivity index (χ4v) is 5.00. The fraction of sp³-hybridized carbons (Fsp3) is 0.400. The van der Waals surface area contributed by atoms with E-state index in [0.717, 1.165) is 28.2 Å². The average molecular weight is 569 g/mol. The minimum Gasteiger partial charge on any atom is -0.393 e. The molecule has 0 saturated heterocycles. The van der Waals surface area contributed by atoms with Crippen LogP contribution in [0.15, 0.2) is 48.1 Å². The summed E-state index contributed by atoms with van der Waals surface area (Å²) < 4.78 is 38.1. The smallest absolute Gasteiger partial charge is 0.389 e. The van der Waals surface area contributed by atoms with E-state index >= 15 is 0 Å². The SMILES string of the molecule is CC(O)CC[C@H](NC(=O)c1cnc(-c2ccccc2)s1)C(=O)N[C@@H](CCCC(F)(F)F)C(=O)c1nccs1. The highest BCUT2D eigenvalue weighted by molar-refractivity contribution is 7.16. The second-order valence-electron chi connectivity index (χ2n) is 8.62. The summed E-state index contributed by atoms with van der Waals surface area (Å²) >= 11 is 2.14. The Balaban J connectivity index is 1.74. The number of hydrogen-bond acceptors (Lipinski definition) is 8. The molecule has 0 bridgehead atoms. The minimum absolute atomic E-state index is 0.0420. The molecule has 0 aliphatic heterocycles. The summed E-state index contributed by atoms with van der Waals surface area (Å²) in [5.74, 6) is -1.92. The first-order valence-electron chi connectivity index (χ1n) is 11.8. The minimum atomic E-state index is -4.40. The number of benzene rings is 1. The molecule has 0 saturated carbocycles. The summed E-state index contributed by atoms with van der Waals surface area (Å²) in [4.78, 5) is 47.4. The topological polar surface area (TPSA) is 121 Å². The van der Waals surface area contributed by atoms with Crippen molar-refractivity contribution in [2.75, 3.05) is 0 Å². The van der Waals surface area contributed by atoms with Crippen molar-refractivity contribution in [3.05, 3.63) is 58.0 Å². The van der Waals surface area contributed by atoms with Crippen LogP contribution in [0, 0.1) is 0 Å². The predicted octanol–water partition coefficient (Wildman–Crippen LogP) is 4.63. The lowest BCUT2D eigenvalue weighted by Gasteiger charge is -2.23. The highest BCUT2D eigenvalue weighted by Crippen LogP contribution is 2.25. The Bertz CT molecular complexity index is 1200. The van der Waals surface area contributed by atoms with Crippen LogP contribution in [0.4, 0.5) is 13.2 Å². The highest BCUT2D eigenvalue weighted by Gasteiger charge is 2.31. The number of carbonyl (C=O) groups is 3. The molecule has 3 atom stereocenters. The third kappa shape index (κ3) is 8.99. The van der Waals surface area contributed by atoms with Crippen molar-refractivity contribution in [3.8, 4) is 10.6 Å². The zero-order chi connectivity index (χ0) is 27.7. The molecule has 0 spiro atoms. The summed E-state index contributed by atoms with van der Waals surface area (Å²) in [6.45, 7) is 1.53. The van der Waals surface area contributed by atoms with Gasteiger partial charge in [0.2, 0.25) is 11.7 Å². The van der Waals surface area contributed by atoms with E-state index in [0.29, 0.717) is 5.01 Å². The Morgan fingerprint density at radius 1 is 1.03 bits per heavy atom. The Kier molecular flexibility index (Phi) is 10.5. The van der Waals surface area contributed by atoms with Crippen LogP contribution in [0.3, 0.4) is 0 Å². The Labute approximate surface area is 225 Å². The number of Topliss-reactive ketones (excluding diaryl/α,β-unsaturated/α-hetero) is 1. The number of thiazole rings is 2. The summed E-state index contributed by atoms with van der Waals surface area (Å²) in [6, 6.07) is 6.82. The number of rotatable bonds is 13. The number of halogens is 3. The largest absolute Gasteiger partial charge is 0.393 e. The van der Waals surface area contributed by atoms with Crippen LogP contribution in [0.1, 0.15) is 58.5 Å². The Morgan fingerprint density at radius 3 is 2.39 bits per heavy atom. The summed E-state index contributed by atoms with van der Waals surface area (Å²) in [5, 5.41) is 17.1. The van der Waals surface area contributed by atoms with Crippen LogP contribution in [-0.2, 0) is 4.79 Å². The van der Waals surface area contributed by atoms with Crippen molar-refractivity contribution in [1.29, 1.82) is 0 Å². The van der Waals surface area contributed by atoms with Crippen molar-refractivity contribution < 1.29 is 32.7 Å². The highest BCUT2D eigenvalue weighted by atomic mass is 32.1. The lowest BCUT2D eigenvalue weighted by molar-refractivity contribution is -0.135. The van der Waals surface area contributed by atoms with E-state index in [4.69, 9.17) is 0 Å². The maximum atomic E-state index is 13.2. The molecule has 38 heavy (non-hydrogen) atoms. The van der Waals surface area contributed by atoms with Gasteiger partial charge in [0, 0.05) is 23.6 Å². The number of alkyl halides is 3. The van der Waals surface area contributed by atoms with Crippen molar-refractivity contribution >= 4 is 40.3 Å². The van der Waals surface area contributed by atoms with Crippen LogP contribution in [-0.4, -0.2) is 57.0 Å². The van der Waals surface area contributed by atoms with E-state index in [2.05, 4.69) is 20.6 Å². The number of hydrogen-bond donors (Lipinski definition) is 3.